The molecule has 1 heterocycles. The van der Waals surface area contributed by atoms with Gasteiger partial charge in [0.1, 0.15) is 9.84 Å². The largest absolute Gasteiger partial charge is 0.343 e. The maximum atomic E-state index is 11.9. The molecule has 1 fully saturated rings. The van der Waals surface area contributed by atoms with E-state index in [1.807, 2.05) is 0 Å². The molecule has 1 aliphatic heterocycles. The fourth-order valence-corrected chi connectivity index (χ4v) is 2.35. The summed E-state index contributed by atoms with van der Waals surface area (Å²) < 4.78 is 22.0. The molecule has 0 aromatic carbocycles. The summed E-state index contributed by atoms with van der Waals surface area (Å²) in [6.45, 7) is 1.15. The first-order valence-corrected chi connectivity index (χ1v) is 7.62. The van der Waals surface area contributed by atoms with Gasteiger partial charge < -0.3 is 10.2 Å². The van der Waals surface area contributed by atoms with Crippen molar-refractivity contribution < 1.29 is 13.2 Å². The zero-order valence-corrected chi connectivity index (χ0v) is 10.7. The van der Waals surface area contributed by atoms with E-state index in [1.165, 1.54) is 11.2 Å². The molecule has 1 atom stereocenters. The summed E-state index contributed by atoms with van der Waals surface area (Å²) in [5.74, 6) is 0.0328. The van der Waals surface area contributed by atoms with Crippen LogP contribution in [-0.4, -0.2) is 57.4 Å². The van der Waals surface area contributed by atoms with Crippen LogP contribution in [-0.2, 0) is 14.6 Å². The summed E-state index contributed by atoms with van der Waals surface area (Å²) >= 11 is 0. The molecule has 1 amide bonds. The molecule has 1 aliphatic rings. The maximum Gasteiger partial charge on any atom is 0.239 e. The van der Waals surface area contributed by atoms with E-state index in [1.54, 1.807) is 7.05 Å². The highest BCUT2D eigenvalue weighted by Gasteiger charge is 2.23. The van der Waals surface area contributed by atoms with Gasteiger partial charge >= 0.3 is 0 Å². The molecule has 0 aliphatic carbocycles. The second-order valence-electron chi connectivity index (χ2n) is 4.39. The van der Waals surface area contributed by atoms with Gasteiger partial charge in [-0.3, -0.25) is 4.79 Å². The lowest BCUT2D eigenvalue weighted by molar-refractivity contribution is -0.132. The predicted octanol–water partition coefficient (Wildman–Crippen LogP) is -0.368. The lowest BCUT2D eigenvalue weighted by atomic mass is 10.0. The van der Waals surface area contributed by atoms with Crippen molar-refractivity contribution in [1.29, 1.82) is 0 Å². The number of nitrogens with one attached hydrogen (secondary N) is 1. The molecule has 0 spiro atoms. The highest BCUT2D eigenvalue weighted by Crippen LogP contribution is 2.09. The van der Waals surface area contributed by atoms with Gasteiger partial charge in [-0.15, -0.1) is 0 Å². The number of likely N-dealkylation sites (N-methyl/N-ethyl adjacent to an activating group) is 1. The van der Waals surface area contributed by atoms with Crippen LogP contribution in [0.1, 0.15) is 19.3 Å². The molecule has 94 valence electrons. The summed E-state index contributed by atoms with van der Waals surface area (Å²) in [6.07, 6.45) is 4.20. The third kappa shape index (κ3) is 4.49. The van der Waals surface area contributed by atoms with Gasteiger partial charge in [-0.2, -0.15) is 0 Å². The van der Waals surface area contributed by atoms with Crippen molar-refractivity contribution in [1.82, 2.24) is 10.2 Å². The first-order chi connectivity index (χ1) is 7.40. The minimum atomic E-state index is -3.00. The molecule has 1 saturated heterocycles. The predicted molar refractivity (Wildman–Crippen MR) is 63.0 cm³/mol. The Morgan fingerprint density at radius 3 is 2.62 bits per heavy atom. The quantitative estimate of drug-likeness (QED) is 0.737. The van der Waals surface area contributed by atoms with Crippen molar-refractivity contribution in [2.24, 2.45) is 0 Å². The molecule has 0 bridgehead atoms. The molecular weight excluding hydrogens is 228 g/mol. The average Bonchev–Trinajstić information content (AvgIpc) is 2.25. The van der Waals surface area contributed by atoms with Crippen molar-refractivity contribution in [3.63, 3.8) is 0 Å². The molecule has 16 heavy (non-hydrogen) atoms. The van der Waals surface area contributed by atoms with E-state index >= 15 is 0 Å². The van der Waals surface area contributed by atoms with Gasteiger partial charge in [0, 0.05) is 19.8 Å². The van der Waals surface area contributed by atoms with E-state index in [-0.39, 0.29) is 24.2 Å². The Hall–Kier alpha value is -0.620. The van der Waals surface area contributed by atoms with Crippen LogP contribution in [0.5, 0.6) is 0 Å². The molecule has 1 N–H and O–H groups in total. The van der Waals surface area contributed by atoms with Crippen LogP contribution < -0.4 is 5.32 Å². The highest BCUT2D eigenvalue weighted by atomic mass is 32.2. The number of hydrogen-bond donors (Lipinski definition) is 1. The van der Waals surface area contributed by atoms with Gasteiger partial charge in [0.25, 0.3) is 0 Å². The molecule has 1 rings (SSSR count). The zero-order chi connectivity index (χ0) is 12.2. The van der Waals surface area contributed by atoms with Gasteiger partial charge in [-0.05, 0) is 19.4 Å². The van der Waals surface area contributed by atoms with Crippen LogP contribution in [0.15, 0.2) is 0 Å². The zero-order valence-electron chi connectivity index (χ0n) is 9.90. The van der Waals surface area contributed by atoms with Crippen molar-refractivity contribution in [2.45, 2.75) is 25.3 Å². The van der Waals surface area contributed by atoms with Crippen molar-refractivity contribution in [3.8, 4) is 0 Å². The molecule has 6 heteroatoms. The second kappa shape index (κ2) is 5.63. The number of sulfone groups is 1. The van der Waals surface area contributed by atoms with E-state index in [9.17, 15) is 13.2 Å². The van der Waals surface area contributed by atoms with E-state index in [0.717, 1.165) is 25.8 Å². The summed E-state index contributed by atoms with van der Waals surface area (Å²) in [5, 5.41) is 3.16. The Balaban J connectivity index is 2.40. The Morgan fingerprint density at radius 1 is 1.44 bits per heavy atom. The van der Waals surface area contributed by atoms with Crippen LogP contribution in [0.4, 0.5) is 0 Å². The van der Waals surface area contributed by atoms with Crippen molar-refractivity contribution >= 4 is 15.7 Å². The van der Waals surface area contributed by atoms with E-state index in [2.05, 4.69) is 5.32 Å². The second-order valence-corrected chi connectivity index (χ2v) is 6.65. The van der Waals surface area contributed by atoms with E-state index in [4.69, 9.17) is 0 Å². The molecule has 1 unspecified atom stereocenters. The Kier molecular flexibility index (Phi) is 4.73. The number of rotatable bonds is 4. The lowest BCUT2D eigenvalue weighted by Crippen LogP contribution is -2.48. The minimum Gasteiger partial charge on any atom is -0.343 e. The molecule has 0 saturated carbocycles. The first-order valence-electron chi connectivity index (χ1n) is 5.56. The van der Waals surface area contributed by atoms with Crippen molar-refractivity contribution in [2.75, 3.05) is 32.1 Å². The van der Waals surface area contributed by atoms with Gasteiger partial charge in [-0.25, -0.2) is 8.42 Å². The third-order valence-corrected chi connectivity index (χ3v) is 3.71. The van der Waals surface area contributed by atoms with E-state index in [0.29, 0.717) is 0 Å². The van der Waals surface area contributed by atoms with Crippen LogP contribution in [0.3, 0.4) is 0 Å². The van der Waals surface area contributed by atoms with Gasteiger partial charge in [0.2, 0.25) is 5.91 Å². The Labute approximate surface area is 97.1 Å². The summed E-state index contributed by atoms with van der Waals surface area (Å²) in [4.78, 5) is 13.4. The number of nitrogens with zero attached hydrogens (tertiary/aromatic N) is 1. The molecule has 0 radical (unpaired) electrons. The molecule has 0 aromatic rings. The fraction of sp³-hybridized carbons (Fsp3) is 0.900. The number of amides is 1. The minimum absolute atomic E-state index is 0.00310. The van der Waals surface area contributed by atoms with Crippen LogP contribution in [0.2, 0.25) is 0 Å². The highest BCUT2D eigenvalue weighted by molar-refractivity contribution is 7.90. The number of piperidine rings is 1. The van der Waals surface area contributed by atoms with Crippen LogP contribution in [0, 0.1) is 0 Å². The smallest absolute Gasteiger partial charge is 0.239 e. The first kappa shape index (κ1) is 13.4. The van der Waals surface area contributed by atoms with E-state index < -0.39 is 9.84 Å². The van der Waals surface area contributed by atoms with Gasteiger partial charge in [-0.1, -0.05) is 6.42 Å². The van der Waals surface area contributed by atoms with Crippen LogP contribution in [0.25, 0.3) is 0 Å². The third-order valence-electron chi connectivity index (χ3n) is 2.78. The average molecular weight is 248 g/mol. The molecule has 0 aromatic heterocycles. The van der Waals surface area contributed by atoms with Crippen LogP contribution >= 0.6 is 0 Å². The van der Waals surface area contributed by atoms with Gasteiger partial charge in [0.05, 0.1) is 11.8 Å². The van der Waals surface area contributed by atoms with Crippen molar-refractivity contribution in [3.05, 3.63) is 0 Å². The monoisotopic (exact) mass is 248 g/mol. The lowest BCUT2D eigenvalue weighted by Gasteiger charge is -2.27. The SMILES string of the molecule is CN(CCS(C)(=O)=O)C(=O)C1CCCCN1. The standard InChI is InChI=1S/C10H20N2O3S/c1-12(7-8-16(2,14)15)10(13)9-5-3-4-6-11-9/h9,11H,3-8H2,1-2H3. The topological polar surface area (TPSA) is 66.5 Å². The van der Waals surface area contributed by atoms with Gasteiger partial charge in [0.15, 0.2) is 0 Å². The number of hydrogen-bond acceptors (Lipinski definition) is 4. The summed E-state index contributed by atoms with van der Waals surface area (Å²) in [7, 11) is -1.34. The normalized spacial score (nSPS) is 21.8. The number of carbonyl (C=O) groups excluding carboxylic acids is 1. The fourth-order valence-electron chi connectivity index (χ4n) is 1.74. The Bertz CT molecular complexity index is 334. The summed E-state index contributed by atoms with van der Waals surface area (Å²) in [6, 6.07) is -0.127. The Morgan fingerprint density at radius 2 is 2.12 bits per heavy atom. The maximum absolute atomic E-state index is 11.9. The molecular formula is C10H20N2O3S. The molecule has 5 nitrogen and oxygen atoms in total. The number of carbonyl (C=O) groups is 1. The summed E-state index contributed by atoms with van der Waals surface area (Å²) in [5.41, 5.74) is 0.